The predicted octanol–water partition coefficient (Wildman–Crippen LogP) is 3.70. The van der Waals surface area contributed by atoms with Gasteiger partial charge in [0.1, 0.15) is 17.3 Å². The molecule has 2 heterocycles. The zero-order valence-corrected chi connectivity index (χ0v) is 14.1. The molecule has 1 aliphatic rings. The average Bonchev–Trinajstić information content (AvgIpc) is 3.16. The van der Waals surface area contributed by atoms with Gasteiger partial charge in [-0.25, -0.2) is 0 Å². The van der Waals surface area contributed by atoms with Crippen molar-refractivity contribution < 1.29 is 18.7 Å². The minimum Gasteiger partial charge on any atom is -0.497 e. The van der Waals surface area contributed by atoms with E-state index in [-0.39, 0.29) is 5.91 Å². The van der Waals surface area contributed by atoms with Crippen LogP contribution in [0, 0.1) is 0 Å². The molecular weight excluding hydrogens is 334 g/mol. The summed E-state index contributed by atoms with van der Waals surface area (Å²) in [7, 11) is 3.11. The maximum Gasteiger partial charge on any atom is 0.271 e. The standard InChI is InChI=1S/C16H13NO4S2/c1-19-10-5-6-12(13(8-10)20-2)17-15(18)14(23-16(17)22)9-11-4-3-7-21-11/h3-9H,1-2H3. The molecule has 0 unspecified atom stereocenters. The van der Waals surface area contributed by atoms with Gasteiger partial charge in [-0.05, 0) is 24.3 Å². The third kappa shape index (κ3) is 2.97. The van der Waals surface area contributed by atoms with Crippen LogP contribution in [0.15, 0.2) is 45.9 Å². The van der Waals surface area contributed by atoms with Gasteiger partial charge in [0.15, 0.2) is 4.32 Å². The van der Waals surface area contributed by atoms with Crippen LogP contribution in [0.4, 0.5) is 5.69 Å². The second kappa shape index (κ2) is 6.47. The first-order valence-corrected chi connectivity index (χ1v) is 7.90. The van der Waals surface area contributed by atoms with Crippen molar-refractivity contribution in [2.45, 2.75) is 0 Å². The molecule has 1 aliphatic heterocycles. The van der Waals surface area contributed by atoms with Crippen molar-refractivity contribution in [3.8, 4) is 11.5 Å². The number of hydrogen-bond donors (Lipinski definition) is 0. The number of methoxy groups -OCH3 is 2. The lowest BCUT2D eigenvalue weighted by atomic mass is 10.2. The molecule has 1 aromatic heterocycles. The van der Waals surface area contributed by atoms with Crippen molar-refractivity contribution in [1.29, 1.82) is 0 Å². The smallest absolute Gasteiger partial charge is 0.271 e. The molecule has 0 aliphatic carbocycles. The average molecular weight is 347 g/mol. The number of anilines is 1. The van der Waals surface area contributed by atoms with Gasteiger partial charge in [0.25, 0.3) is 5.91 Å². The molecule has 118 valence electrons. The Labute approximate surface area is 142 Å². The van der Waals surface area contributed by atoms with Crippen molar-refractivity contribution in [3.05, 3.63) is 47.3 Å². The van der Waals surface area contributed by atoms with E-state index in [0.717, 1.165) is 0 Å². The Bertz CT molecular complexity index is 783. The second-order valence-corrected chi connectivity index (χ2v) is 6.25. The summed E-state index contributed by atoms with van der Waals surface area (Å²) in [4.78, 5) is 14.6. The van der Waals surface area contributed by atoms with Crippen LogP contribution in [0.25, 0.3) is 6.08 Å². The van der Waals surface area contributed by atoms with Gasteiger partial charge in [-0.2, -0.15) is 0 Å². The number of thioether (sulfide) groups is 1. The summed E-state index contributed by atoms with van der Waals surface area (Å²) in [5.41, 5.74) is 0.582. The molecule has 0 atom stereocenters. The molecule has 1 fully saturated rings. The van der Waals surface area contributed by atoms with Gasteiger partial charge in [0.05, 0.1) is 31.1 Å². The van der Waals surface area contributed by atoms with Crippen LogP contribution in [-0.2, 0) is 4.79 Å². The number of nitrogens with zero attached hydrogens (tertiary/aromatic N) is 1. The van der Waals surface area contributed by atoms with Crippen LogP contribution in [-0.4, -0.2) is 24.4 Å². The number of rotatable bonds is 4. The van der Waals surface area contributed by atoms with Crippen LogP contribution in [0.2, 0.25) is 0 Å². The van der Waals surface area contributed by atoms with Gasteiger partial charge < -0.3 is 13.9 Å². The van der Waals surface area contributed by atoms with E-state index >= 15 is 0 Å². The first kappa shape index (κ1) is 15.6. The molecule has 7 heteroatoms. The molecule has 2 aromatic rings. The normalized spacial score (nSPS) is 16.3. The van der Waals surface area contributed by atoms with Crippen molar-refractivity contribution in [1.82, 2.24) is 0 Å². The molecule has 23 heavy (non-hydrogen) atoms. The quantitative estimate of drug-likeness (QED) is 0.621. The van der Waals surface area contributed by atoms with E-state index in [0.29, 0.717) is 32.2 Å². The Kier molecular flexibility index (Phi) is 4.40. The van der Waals surface area contributed by atoms with Gasteiger partial charge in [-0.1, -0.05) is 24.0 Å². The van der Waals surface area contributed by atoms with Gasteiger partial charge in [0, 0.05) is 12.1 Å². The van der Waals surface area contributed by atoms with Crippen molar-refractivity contribution in [3.63, 3.8) is 0 Å². The maximum atomic E-state index is 12.7. The molecule has 1 amide bonds. The van der Waals surface area contributed by atoms with Crippen molar-refractivity contribution in [2.24, 2.45) is 0 Å². The molecule has 3 rings (SSSR count). The van der Waals surface area contributed by atoms with E-state index in [2.05, 4.69) is 0 Å². The van der Waals surface area contributed by atoms with E-state index in [9.17, 15) is 4.79 Å². The fraction of sp³-hybridized carbons (Fsp3) is 0.125. The fourth-order valence-electron chi connectivity index (χ4n) is 2.15. The predicted molar refractivity (Wildman–Crippen MR) is 93.9 cm³/mol. The molecule has 5 nitrogen and oxygen atoms in total. The summed E-state index contributed by atoms with van der Waals surface area (Å²) < 4.78 is 16.2. The highest BCUT2D eigenvalue weighted by Crippen LogP contribution is 2.41. The largest absolute Gasteiger partial charge is 0.497 e. The van der Waals surface area contributed by atoms with Crippen LogP contribution < -0.4 is 14.4 Å². The minimum atomic E-state index is -0.208. The van der Waals surface area contributed by atoms with E-state index in [1.807, 2.05) is 0 Å². The highest BCUT2D eigenvalue weighted by molar-refractivity contribution is 8.27. The zero-order valence-electron chi connectivity index (χ0n) is 12.4. The lowest BCUT2D eigenvalue weighted by Crippen LogP contribution is -2.27. The summed E-state index contributed by atoms with van der Waals surface area (Å²) in [6.07, 6.45) is 3.23. The van der Waals surface area contributed by atoms with Crippen molar-refractivity contribution >= 4 is 46.0 Å². The van der Waals surface area contributed by atoms with Crippen LogP contribution in [0.3, 0.4) is 0 Å². The van der Waals surface area contributed by atoms with Gasteiger partial charge >= 0.3 is 0 Å². The number of carbonyl (C=O) groups excluding carboxylic acids is 1. The van der Waals surface area contributed by atoms with E-state index in [1.54, 1.807) is 49.8 Å². The first-order chi connectivity index (χ1) is 11.1. The lowest BCUT2D eigenvalue weighted by Gasteiger charge is -2.18. The minimum absolute atomic E-state index is 0.208. The molecule has 1 saturated heterocycles. The lowest BCUT2D eigenvalue weighted by molar-refractivity contribution is -0.113. The number of amides is 1. The summed E-state index contributed by atoms with van der Waals surface area (Å²) in [5, 5.41) is 0. The number of ether oxygens (including phenoxy) is 2. The molecule has 0 radical (unpaired) electrons. The Morgan fingerprint density at radius 3 is 2.74 bits per heavy atom. The Hall–Kier alpha value is -2.25. The van der Waals surface area contributed by atoms with E-state index in [1.165, 1.54) is 23.8 Å². The Morgan fingerprint density at radius 2 is 2.09 bits per heavy atom. The first-order valence-electron chi connectivity index (χ1n) is 6.67. The maximum absolute atomic E-state index is 12.7. The number of thiocarbonyl (C=S) groups is 1. The Balaban J connectivity index is 1.98. The van der Waals surface area contributed by atoms with Crippen LogP contribution in [0.1, 0.15) is 5.76 Å². The van der Waals surface area contributed by atoms with E-state index in [4.69, 9.17) is 26.1 Å². The highest BCUT2D eigenvalue weighted by atomic mass is 32.2. The van der Waals surface area contributed by atoms with E-state index < -0.39 is 0 Å². The van der Waals surface area contributed by atoms with Gasteiger partial charge in [0.2, 0.25) is 0 Å². The van der Waals surface area contributed by atoms with Crippen molar-refractivity contribution in [2.75, 3.05) is 19.1 Å². The Morgan fingerprint density at radius 1 is 1.26 bits per heavy atom. The van der Waals surface area contributed by atoms with Crippen LogP contribution >= 0.6 is 24.0 Å². The summed E-state index contributed by atoms with van der Waals surface area (Å²) in [5.74, 6) is 1.55. The second-order valence-electron chi connectivity index (χ2n) is 4.57. The number of carbonyl (C=O) groups is 1. The number of hydrogen-bond acceptors (Lipinski definition) is 6. The van der Waals surface area contributed by atoms with Gasteiger partial charge in [-0.15, -0.1) is 0 Å². The topological polar surface area (TPSA) is 51.9 Å². The zero-order chi connectivity index (χ0) is 16.4. The fourth-order valence-corrected chi connectivity index (χ4v) is 3.41. The summed E-state index contributed by atoms with van der Waals surface area (Å²) in [6.45, 7) is 0. The SMILES string of the molecule is COc1ccc(N2C(=O)C(=Cc3ccco3)SC2=S)c(OC)c1. The van der Waals surface area contributed by atoms with Gasteiger partial charge in [-0.3, -0.25) is 9.69 Å². The molecule has 0 bridgehead atoms. The summed E-state index contributed by atoms with van der Waals surface area (Å²) >= 11 is 6.58. The molecule has 0 N–H and O–H groups in total. The third-order valence-electron chi connectivity index (χ3n) is 3.24. The molecule has 0 spiro atoms. The number of furan rings is 1. The molecule has 0 saturated carbocycles. The number of benzene rings is 1. The summed E-state index contributed by atoms with van der Waals surface area (Å²) in [6, 6.07) is 8.76. The monoisotopic (exact) mass is 347 g/mol. The molecule has 1 aromatic carbocycles. The third-order valence-corrected chi connectivity index (χ3v) is 4.54. The molecular formula is C16H13NO4S2. The van der Waals surface area contributed by atoms with Crippen LogP contribution in [0.5, 0.6) is 11.5 Å². The highest BCUT2D eigenvalue weighted by Gasteiger charge is 2.35.